The van der Waals surface area contributed by atoms with E-state index >= 15 is 0 Å². The van der Waals surface area contributed by atoms with Crippen molar-refractivity contribution in [3.05, 3.63) is 55.6 Å². The number of nitrogens with one attached hydrogen (secondary N) is 1. The van der Waals surface area contributed by atoms with Crippen molar-refractivity contribution >= 4 is 5.91 Å². The third kappa shape index (κ3) is 3.81. The minimum absolute atomic E-state index is 0.112. The van der Waals surface area contributed by atoms with Crippen LogP contribution in [0.2, 0.25) is 0 Å². The number of rotatable bonds is 3. The molecular formula is C21H28N6O3. The molecule has 0 bridgehead atoms. The van der Waals surface area contributed by atoms with Crippen molar-refractivity contribution in [1.82, 2.24) is 29.5 Å². The monoisotopic (exact) mass is 412 g/mol. The fourth-order valence-electron chi connectivity index (χ4n) is 4.29. The Morgan fingerprint density at radius 1 is 1.20 bits per heavy atom. The van der Waals surface area contributed by atoms with E-state index in [-0.39, 0.29) is 28.8 Å². The maximum atomic E-state index is 13.2. The Bertz CT molecular complexity index is 1070. The van der Waals surface area contributed by atoms with Crippen molar-refractivity contribution in [1.29, 1.82) is 0 Å². The number of aryl methyl sites for hydroxylation is 1. The zero-order chi connectivity index (χ0) is 21.4. The van der Waals surface area contributed by atoms with Gasteiger partial charge in [-0.05, 0) is 39.2 Å². The Morgan fingerprint density at radius 3 is 2.73 bits per heavy atom. The molecule has 0 saturated carbocycles. The molecule has 9 heteroatoms. The molecule has 9 nitrogen and oxygen atoms in total. The number of carbonyl (C=O) groups excluding carboxylic acids is 1. The second-order valence-electron chi connectivity index (χ2n) is 8.38. The number of H-pyrrole nitrogens is 1. The fraction of sp³-hybridized carbons (Fsp3) is 0.571. The number of nitrogens with zero attached hydrogens (tertiary/aromatic N) is 5. The molecule has 1 N–H and O–H groups in total. The first-order chi connectivity index (χ1) is 14.3. The van der Waals surface area contributed by atoms with Gasteiger partial charge in [0.25, 0.3) is 17.0 Å². The smallest absolute Gasteiger partial charge is 0.274 e. The molecule has 0 spiro atoms. The first kappa shape index (κ1) is 20.5. The number of piperidine rings is 1. The van der Waals surface area contributed by atoms with Gasteiger partial charge < -0.3 is 9.88 Å². The predicted octanol–water partition coefficient (Wildman–Crippen LogP) is 0.998. The van der Waals surface area contributed by atoms with Crippen molar-refractivity contribution in [2.75, 3.05) is 13.1 Å². The SMILES string of the molecule is CC(C)N1CCc2nc([C@@H]3CCCCN3C(=O)c3ccc(=O)n(C)n3)[nH]c(=O)c2C1. The van der Waals surface area contributed by atoms with Gasteiger partial charge in [-0.2, -0.15) is 5.10 Å². The minimum Gasteiger partial charge on any atom is -0.327 e. The van der Waals surface area contributed by atoms with E-state index in [1.165, 1.54) is 19.2 Å². The lowest BCUT2D eigenvalue weighted by molar-refractivity contribution is 0.0589. The summed E-state index contributed by atoms with van der Waals surface area (Å²) in [5.41, 5.74) is 1.41. The van der Waals surface area contributed by atoms with Crippen LogP contribution in [-0.2, 0) is 20.0 Å². The lowest BCUT2D eigenvalue weighted by atomic mass is 9.99. The lowest BCUT2D eigenvalue weighted by Crippen LogP contribution is -2.43. The van der Waals surface area contributed by atoms with Crippen LogP contribution in [0, 0.1) is 0 Å². The van der Waals surface area contributed by atoms with Crippen LogP contribution in [0.5, 0.6) is 0 Å². The first-order valence-corrected chi connectivity index (χ1v) is 10.6. The Labute approximate surface area is 174 Å². The zero-order valence-electron chi connectivity index (χ0n) is 17.7. The van der Waals surface area contributed by atoms with Gasteiger partial charge in [-0.3, -0.25) is 19.3 Å². The summed E-state index contributed by atoms with van der Waals surface area (Å²) in [6, 6.07) is 2.88. The van der Waals surface area contributed by atoms with Crippen molar-refractivity contribution in [3.8, 4) is 0 Å². The third-order valence-electron chi connectivity index (χ3n) is 6.11. The highest BCUT2D eigenvalue weighted by atomic mass is 16.2. The van der Waals surface area contributed by atoms with Crippen molar-refractivity contribution < 1.29 is 4.79 Å². The van der Waals surface area contributed by atoms with Gasteiger partial charge in [0, 0.05) is 45.2 Å². The van der Waals surface area contributed by atoms with E-state index in [1.807, 2.05) is 0 Å². The van der Waals surface area contributed by atoms with Gasteiger partial charge in [0.05, 0.1) is 17.3 Å². The summed E-state index contributed by atoms with van der Waals surface area (Å²) < 4.78 is 1.16. The van der Waals surface area contributed by atoms with E-state index in [4.69, 9.17) is 4.98 Å². The molecule has 2 aromatic rings. The molecule has 160 valence electrons. The molecule has 4 heterocycles. The summed E-state index contributed by atoms with van der Waals surface area (Å²) in [6.07, 6.45) is 3.30. The van der Waals surface area contributed by atoms with Crippen LogP contribution in [0.1, 0.15) is 66.7 Å². The number of amides is 1. The molecule has 0 unspecified atom stereocenters. The quantitative estimate of drug-likeness (QED) is 0.807. The molecule has 2 aromatic heterocycles. The summed E-state index contributed by atoms with van der Waals surface area (Å²) in [5.74, 6) is 0.302. The maximum Gasteiger partial charge on any atom is 0.274 e. The van der Waals surface area contributed by atoms with Crippen LogP contribution < -0.4 is 11.1 Å². The summed E-state index contributed by atoms with van der Waals surface area (Å²) >= 11 is 0. The molecule has 1 amide bonds. The summed E-state index contributed by atoms with van der Waals surface area (Å²) in [4.78, 5) is 49.4. The number of carbonyl (C=O) groups is 1. The predicted molar refractivity (Wildman–Crippen MR) is 111 cm³/mol. The largest absolute Gasteiger partial charge is 0.327 e. The number of hydrogen-bond donors (Lipinski definition) is 1. The van der Waals surface area contributed by atoms with E-state index in [0.717, 1.165) is 48.2 Å². The van der Waals surface area contributed by atoms with E-state index in [9.17, 15) is 14.4 Å². The van der Waals surface area contributed by atoms with Crippen LogP contribution in [-0.4, -0.2) is 54.6 Å². The molecule has 30 heavy (non-hydrogen) atoms. The van der Waals surface area contributed by atoms with Gasteiger partial charge in [0.2, 0.25) is 0 Å². The Kier molecular flexibility index (Phi) is 5.55. The molecule has 0 aromatic carbocycles. The van der Waals surface area contributed by atoms with Crippen molar-refractivity contribution in [3.63, 3.8) is 0 Å². The Morgan fingerprint density at radius 2 is 2.00 bits per heavy atom. The molecule has 4 rings (SSSR count). The molecule has 0 aliphatic carbocycles. The van der Waals surface area contributed by atoms with Gasteiger partial charge in [0.1, 0.15) is 11.5 Å². The van der Waals surface area contributed by atoms with E-state index in [1.54, 1.807) is 4.90 Å². The molecule has 2 aliphatic rings. The Balaban J connectivity index is 1.66. The van der Waals surface area contributed by atoms with Crippen molar-refractivity contribution in [2.24, 2.45) is 7.05 Å². The molecule has 2 aliphatic heterocycles. The molecular weight excluding hydrogens is 384 g/mol. The number of likely N-dealkylation sites (tertiary alicyclic amines) is 1. The fourth-order valence-corrected chi connectivity index (χ4v) is 4.29. The van der Waals surface area contributed by atoms with Gasteiger partial charge in [0.15, 0.2) is 0 Å². The Hall–Kier alpha value is -2.81. The molecule has 1 fully saturated rings. The van der Waals surface area contributed by atoms with Crippen LogP contribution in [0.25, 0.3) is 0 Å². The van der Waals surface area contributed by atoms with Gasteiger partial charge in [-0.25, -0.2) is 9.67 Å². The second kappa shape index (κ2) is 8.14. The minimum atomic E-state index is -0.300. The number of hydrogen-bond acceptors (Lipinski definition) is 6. The molecule has 1 atom stereocenters. The highest BCUT2D eigenvalue weighted by Gasteiger charge is 2.33. The topological polar surface area (TPSA) is 104 Å². The van der Waals surface area contributed by atoms with Crippen molar-refractivity contribution in [2.45, 2.75) is 58.2 Å². The molecule has 1 saturated heterocycles. The standard InChI is InChI=1S/C21H28N6O3/c1-13(2)26-11-9-15-14(12-26)20(29)23-19(22-15)17-6-4-5-10-27(17)21(30)16-7-8-18(28)25(3)24-16/h7-8,13,17H,4-6,9-12H2,1-3H3,(H,22,23,29)/t17-/m0/s1. The van der Waals surface area contributed by atoms with Gasteiger partial charge >= 0.3 is 0 Å². The van der Waals surface area contributed by atoms with E-state index in [0.29, 0.717) is 25.0 Å². The normalized spacial score (nSPS) is 19.7. The highest BCUT2D eigenvalue weighted by Crippen LogP contribution is 2.30. The summed E-state index contributed by atoms with van der Waals surface area (Å²) in [6.45, 7) is 6.29. The summed E-state index contributed by atoms with van der Waals surface area (Å²) in [5, 5.41) is 4.10. The summed E-state index contributed by atoms with van der Waals surface area (Å²) in [7, 11) is 1.52. The first-order valence-electron chi connectivity index (χ1n) is 10.6. The second-order valence-corrected chi connectivity index (χ2v) is 8.38. The average Bonchev–Trinajstić information content (AvgIpc) is 2.74. The molecule has 0 radical (unpaired) electrons. The highest BCUT2D eigenvalue weighted by molar-refractivity contribution is 5.92. The van der Waals surface area contributed by atoms with Crippen LogP contribution in [0.3, 0.4) is 0 Å². The average molecular weight is 412 g/mol. The van der Waals surface area contributed by atoms with Gasteiger partial charge in [-0.15, -0.1) is 0 Å². The van der Waals surface area contributed by atoms with Crippen LogP contribution in [0.4, 0.5) is 0 Å². The maximum absolute atomic E-state index is 13.2. The van der Waals surface area contributed by atoms with Crippen LogP contribution >= 0.6 is 0 Å². The van der Waals surface area contributed by atoms with Crippen LogP contribution in [0.15, 0.2) is 21.7 Å². The number of aromatic amines is 1. The van der Waals surface area contributed by atoms with E-state index in [2.05, 4.69) is 28.8 Å². The third-order valence-corrected chi connectivity index (χ3v) is 6.11. The lowest BCUT2D eigenvalue weighted by Gasteiger charge is -2.36. The van der Waals surface area contributed by atoms with E-state index < -0.39 is 0 Å². The van der Waals surface area contributed by atoms with Gasteiger partial charge in [-0.1, -0.05) is 0 Å². The number of fused-ring (bicyclic) bond motifs is 1. The number of aromatic nitrogens is 4. The zero-order valence-corrected chi connectivity index (χ0v) is 17.7.